The van der Waals surface area contributed by atoms with E-state index in [0.29, 0.717) is 0 Å². The van der Waals surface area contributed by atoms with Crippen LogP contribution in [0.4, 0.5) is 0 Å². The van der Waals surface area contributed by atoms with Gasteiger partial charge in [0, 0.05) is 28.7 Å². The molecule has 4 aliphatic carbocycles. The molecule has 2 nitrogen and oxygen atoms in total. The smallest absolute Gasteiger partial charge is 0.104 e. The van der Waals surface area contributed by atoms with Crippen molar-refractivity contribution in [3.8, 4) is 23.2 Å². The van der Waals surface area contributed by atoms with Gasteiger partial charge in [-0.05, 0) is 223 Å². The van der Waals surface area contributed by atoms with Crippen LogP contribution < -0.4 is 0 Å². The highest BCUT2D eigenvalue weighted by molar-refractivity contribution is 14.1. The second kappa shape index (κ2) is 13.1. The molecule has 0 N–H and O–H groups in total. The third-order valence-electron chi connectivity index (χ3n) is 12.0. The van der Waals surface area contributed by atoms with E-state index in [2.05, 4.69) is 187 Å². The standard InChI is InChI=1S/C46H35I3N2/c47-38-18-12-35(13-19-38)44-26-43(34-10-7-32(8-11-34)6-9-33-4-3-25-51-42(33)41-5-1-2-24-50-41)27-45(29-44,36-14-20-39(48)21-15-36)31-46(28-43,30-44)37-16-22-40(49)23-17-37/h1-5,7-8,10-25H,26-31H2. The van der Waals surface area contributed by atoms with Gasteiger partial charge in [0.25, 0.3) is 0 Å². The lowest BCUT2D eigenvalue weighted by molar-refractivity contribution is -0.0691. The largest absolute Gasteiger partial charge is 0.255 e. The number of rotatable bonds is 5. The van der Waals surface area contributed by atoms with E-state index in [9.17, 15) is 0 Å². The third-order valence-corrected chi connectivity index (χ3v) is 14.1. The fourth-order valence-electron chi connectivity index (χ4n) is 10.5. The molecule has 0 radical (unpaired) electrons. The zero-order valence-electron chi connectivity index (χ0n) is 28.1. The van der Waals surface area contributed by atoms with Gasteiger partial charge in [-0.3, -0.25) is 9.97 Å². The molecule has 4 aliphatic rings. The Hall–Kier alpha value is -3.07. The summed E-state index contributed by atoms with van der Waals surface area (Å²) < 4.78 is 3.89. The highest BCUT2D eigenvalue weighted by Gasteiger charge is 2.69. The Morgan fingerprint density at radius 2 is 0.824 bits per heavy atom. The number of hydrogen-bond donors (Lipinski definition) is 0. The highest BCUT2D eigenvalue weighted by atomic mass is 127. The van der Waals surface area contributed by atoms with Crippen molar-refractivity contribution in [2.24, 2.45) is 0 Å². The van der Waals surface area contributed by atoms with Crippen molar-refractivity contribution < 1.29 is 0 Å². The van der Waals surface area contributed by atoms with Crippen molar-refractivity contribution >= 4 is 67.8 Å². The molecule has 10 rings (SSSR count). The number of aromatic nitrogens is 2. The summed E-state index contributed by atoms with van der Waals surface area (Å²) in [7, 11) is 0. The van der Waals surface area contributed by atoms with Crippen molar-refractivity contribution in [2.45, 2.75) is 60.2 Å². The van der Waals surface area contributed by atoms with Gasteiger partial charge in [0.05, 0.1) is 11.3 Å². The molecule has 4 bridgehead atoms. The first-order valence-corrected chi connectivity index (χ1v) is 20.8. The van der Waals surface area contributed by atoms with Gasteiger partial charge < -0.3 is 0 Å². The van der Waals surface area contributed by atoms with Crippen LogP contribution in [-0.2, 0) is 21.7 Å². The number of hydrogen-bond acceptors (Lipinski definition) is 2. The summed E-state index contributed by atoms with van der Waals surface area (Å²) in [5, 5.41) is 0. The van der Waals surface area contributed by atoms with Gasteiger partial charge in [-0.1, -0.05) is 66.4 Å². The molecule has 0 unspecified atom stereocenters. The van der Waals surface area contributed by atoms with Crippen molar-refractivity contribution in [3.63, 3.8) is 0 Å². The van der Waals surface area contributed by atoms with Crippen LogP contribution in [0.25, 0.3) is 11.4 Å². The van der Waals surface area contributed by atoms with Crippen LogP contribution in [0.2, 0.25) is 0 Å². The van der Waals surface area contributed by atoms with E-state index in [0.717, 1.165) is 22.5 Å². The molecule has 0 aliphatic heterocycles. The average molecular weight is 997 g/mol. The van der Waals surface area contributed by atoms with Crippen molar-refractivity contribution in [3.05, 3.63) is 184 Å². The van der Waals surface area contributed by atoms with Gasteiger partial charge in [0.1, 0.15) is 5.69 Å². The minimum Gasteiger partial charge on any atom is -0.255 e. The summed E-state index contributed by atoms with van der Waals surface area (Å²) in [5.74, 6) is 6.89. The van der Waals surface area contributed by atoms with Crippen LogP contribution in [0.3, 0.4) is 0 Å². The molecule has 4 fully saturated rings. The molecule has 0 amide bonds. The molecule has 0 atom stereocenters. The molecule has 250 valence electrons. The zero-order chi connectivity index (χ0) is 34.7. The third kappa shape index (κ3) is 6.07. The predicted octanol–water partition coefficient (Wildman–Crippen LogP) is 11.8. The maximum atomic E-state index is 4.62. The second-order valence-corrected chi connectivity index (χ2v) is 18.9. The molecular weight excluding hydrogens is 961 g/mol. The van der Waals surface area contributed by atoms with E-state index < -0.39 is 0 Å². The van der Waals surface area contributed by atoms with Gasteiger partial charge >= 0.3 is 0 Å². The lowest BCUT2D eigenvalue weighted by atomic mass is 9.32. The number of nitrogens with zero attached hydrogens (tertiary/aromatic N) is 2. The molecule has 4 aromatic carbocycles. The van der Waals surface area contributed by atoms with Crippen LogP contribution in [0.5, 0.6) is 0 Å². The van der Waals surface area contributed by atoms with Crippen LogP contribution >= 0.6 is 67.8 Å². The minimum absolute atomic E-state index is 0.0329. The second-order valence-electron chi connectivity index (χ2n) is 15.1. The Morgan fingerprint density at radius 3 is 1.24 bits per heavy atom. The Balaban J connectivity index is 1.17. The van der Waals surface area contributed by atoms with Crippen LogP contribution in [0.15, 0.2) is 140 Å². The number of pyridine rings is 2. The quantitative estimate of drug-likeness (QED) is 0.127. The van der Waals surface area contributed by atoms with Gasteiger partial charge in [-0.2, -0.15) is 0 Å². The van der Waals surface area contributed by atoms with Gasteiger partial charge in [0.2, 0.25) is 0 Å². The van der Waals surface area contributed by atoms with E-state index >= 15 is 0 Å². The summed E-state index contributed by atoms with van der Waals surface area (Å²) in [5.41, 5.74) is 9.82. The maximum Gasteiger partial charge on any atom is 0.104 e. The molecule has 51 heavy (non-hydrogen) atoms. The van der Waals surface area contributed by atoms with E-state index in [1.165, 1.54) is 71.5 Å². The molecule has 6 aromatic rings. The summed E-state index contributed by atoms with van der Waals surface area (Å²) in [6.45, 7) is 0. The zero-order valence-corrected chi connectivity index (χ0v) is 34.5. The van der Waals surface area contributed by atoms with E-state index in [-0.39, 0.29) is 21.7 Å². The summed E-state index contributed by atoms with van der Waals surface area (Å²) in [6, 6.07) is 47.8. The van der Waals surface area contributed by atoms with Gasteiger partial charge in [0.15, 0.2) is 0 Å². The van der Waals surface area contributed by atoms with Crippen LogP contribution in [0, 0.1) is 22.6 Å². The molecule has 5 heteroatoms. The fourth-order valence-corrected chi connectivity index (χ4v) is 11.6. The minimum atomic E-state index is 0.0329. The van der Waals surface area contributed by atoms with Gasteiger partial charge in [-0.15, -0.1) is 0 Å². The molecule has 2 heterocycles. The number of benzene rings is 4. The fraction of sp³-hybridized carbons (Fsp3) is 0.217. The Morgan fingerprint density at radius 1 is 0.412 bits per heavy atom. The van der Waals surface area contributed by atoms with Crippen LogP contribution in [-0.4, -0.2) is 9.97 Å². The molecule has 2 aromatic heterocycles. The number of halogens is 3. The maximum absolute atomic E-state index is 4.62. The molecule has 0 spiro atoms. The van der Waals surface area contributed by atoms with Crippen LogP contribution in [0.1, 0.15) is 71.9 Å². The normalized spacial score (nSPS) is 26.0. The average Bonchev–Trinajstić information content (AvgIpc) is 3.15. The van der Waals surface area contributed by atoms with E-state index in [1.807, 2.05) is 36.5 Å². The lowest BCUT2D eigenvalue weighted by Crippen LogP contribution is -2.67. The first-order chi connectivity index (χ1) is 24.8. The SMILES string of the molecule is Ic1ccc(C23CC4(c5ccc(I)cc5)CC(c5ccc(I)cc5)(C2)CC(c2ccc(C#Cc5cccnc5-c5ccccn5)cc2)(C3)C4)cc1. The topological polar surface area (TPSA) is 25.8 Å². The molecule has 4 saturated carbocycles. The Bertz CT molecular complexity index is 2130. The highest BCUT2D eigenvalue weighted by Crippen LogP contribution is 2.74. The summed E-state index contributed by atoms with van der Waals surface area (Å²) in [4.78, 5) is 9.15. The van der Waals surface area contributed by atoms with Crippen molar-refractivity contribution in [1.82, 2.24) is 9.97 Å². The van der Waals surface area contributed by atoms with Crippen molar-refractivity contribution in [2.75, 3.05) is 0 Å². The molecular formula is C46H35I3N2. The first-order valence-electron chi connectivity index (χ1n) is 17.6. The van der Waals surface area contributed by atoms with Crippen molar-refractivity contribution in [1.29, 1.82) is 0 Å². The summed E-state index contributed by atoms with van der Waals surface area (Å²) in [6.07, 6.45) is 10.7. The Kier molecular flexibility index (Phi) is 8.67. The first kappa shape index (κ1) is 33.7. The monoisotopic (exact) mass is 996 g/mol. The predicted molar refractivity (Wildman–Crippen MR) is 232 cm³/mol. The lowest BCUT2D eigenvalue weighted by Gasteiger charge is -2.71. The van der Waals surface area contributed by atoms with E-state index in [1.54, 1.807) is 6.20 Å². The summed E-state index contributed by atoms with van der Waals surface area (Å²) >= 11 is 7.37. The Labute approximate surface area is 341 Å². The molecule has 0 saturated heterocycles. The van der Waals surface area contributed by atoms with E-state index in [4.69, 9.17) is 0 Å². The van der Waals surface area contributed by atoms with Gasteiger partial charge in [-0.25, -0.2) is 0 Å².